The summed E-state index contributed by atoms with van der Waals surface area (Å²) in [6.07, 6.45) is 7.71. The molecule has 1 aliphatic rings. The Labute approximate surface area is 152 Å². The van der Waals surface area contributed by atoms with Crippen molar-refractivity contribution in [2.75, 3.05) is 0 Å². The SMILES string of the molecule is CC1(C(=O)NCc2cccnc2-n2cncn2)CCCc2ccccc21. The van der Waals surface area contributed by atoms with Crippen molar-refractivity contribution in [2.24, 2.45) is 0 Å². The first-order valence-electron chi connectivity index (χ1n) is 8.84. The summed E-state index contributed by atoms with van der Waals surface area (Å²) in [7, 11) is 0. The number of hydrogen-bond acceptors (Lipinski definition) is 4. The first-order valence-corrected chi connectivity index (χ1v) is 8.84. The van der Waals surface area contributed by atoms with Crippen molar-refractivity contribution in [3.8, 4) is 5.82 Å². The molecule has 3 aromatic rings. The van der Waals surface area contributed by atoms with Crippen LogP contribution < -0.4 is 5.32 Å². The molecule has 1 N–H and O–H groups in total. The molecule has 0 radical (unpaired) electrons. The number of carbonyl (C=O) groups excluding carboxylic acids is 1. The molecule has 1 aromatic carbocycles. The van der Waals surface area contributed by atoms with Crippen molar-refractivity contribution in [1.82, 2.24) is 25.1 Å². The first kappa shape index (κ1) is 16.4. The second-order valence-corrected chi connectivity index (χ2v) is 6.85. The minimum Gasteiger partial charge on any atom is -0.351 e. The summed E-state index contributed by atoms with van der Waals surface area (Å²) in [5, 5.41) is 7.25. The van der Waals surface area contributed by atoms with Crippen LogP contribution in [-0.2, 0) is 23.2 Å². The van der Waals surface area contributed by atoms with E-state index in [-0.39, 0.29) is 5.91 Å². The highest BCUT2D eigenvalue weighted by Gasteiger charge is 2.38. The van der Waals surface area contributed by atoms with E-state index in [1.165, 1.54) is 11.9 Å². The van der Waals surface area contributed by atoms with Gasteiger partial charge in [-0.05, 0) is 43.4 Å². The molecule has 1 amide bonds. The quantitative estimate of drug-likeness (QED) is 0.787. The third-order valence-corrected chi connectivity index (χ3v) is 5.18. The zero-order chi connectivity index (χ0) is 18.0. The molecule has 0 bridgehead atoms. The van der Waals surface area contributed by atoms with Crippen LogP contribution in [0.25, 0.3) is 5.82 Å². The maximum absolute atomic E-state index is 13.1. The fourth-order valence-corrected chi connectivity index (χ4v) is 3.74. The van der Waals surface area contributed by atoms with Crippen LogP contribution in [0.15, 0.2) is 55.2 Å². The molecule has 6 heteroatoms. The summed E-state index contributed by atoms with van der Waals surface area (Å²) in [4.78, 5) is 21.4. The van der Waals surface area contributed by atoms with Gasteiger partial charge in [-0.3, -0.25) is 4.79 Å². The Hall–Kier alpha value is -3.02. The van der Waals surface area contributed by atoms with Crippen molar-refractivity contribution in [2.45, 2.75) is 38.1 Å². The van der Waals surface area contributed by atoms with Gasteiger partial charge < -0.3 is 5.32 Å². The second-order valence-electron chi connectivity index (χ2n) is 6.85. The molecule has 1 unspecified atom stereocenters. The number of fused-ring (bicyclic) bond motifs is 1. The number of benzene rings is 1. The van der Waals surface area contributed by atoms with Gasteiger partial charge in [-0.2, -0.15) is 5.10 Å². The van der Waals surface area contributed by atoms with Crippen LogP contribution >= 0.6 is 0 Å². The average molecular weight is 347 g/mol. The van der Waals surface area contributed by atoms with E-state index in [1.807, 2.05) is 31.2 Å². The molecule has 1 atom stereocenters. The molecule has 26 heavy (non-hydrogen) atoms. The lowest BCUT2D eigenvalue weighted by Crippen LogP contribution is -2.44. The van der Waals surface area contributed by atoms with E-state index < -0.39 is 5.41 Å². The maximum Gasteiger partial charge on any atom is 0.230 e. The number of pyridine rings is 1. The van der Waals surface area contributed by atoms with Crippen molar-refractivity contribution < 1.29 is 4.79 Å². The molecule has 6 nitrogen and oxygen atoms in total. The Bertz CT molecular complexity index is 921. The topological polar surface area (TPSA) is 72.7 Å². The third-order valence-electron chi connectivity index (χ3n) is 5.18. The predicted molar refractivity (Wildman–Crippen MR) is 97.7 cm³/mol. The van der Waals surface area contributed by atoms with Gasteiger partial charge in [-0.15, -0.1) is 0 Å². The van der Waals surface area contributed by atoms with Crippen molar-refractivity contribution in [3.63, 3.8) is 0 Å². The Kier molecular flexibility index (Phi) is 4.24. The van der Waals surface area contributed by atoms with Crippen LogP contribution in [0.5, 0.6) is 0 Å². The lowest BCUT2D eigenvalue weighted by molar-refractivity contribution is -0.126. The molecule has 1 aliphatic carbocycles. The molecule has 0 fully saturated rings. The number of hydrogen-bond donors (Lipinski definition) is 1. The molecule has 0 aliphatic heterocycles. The van der Waals surface area contributed by atoms with Gasteiger partial charge in [0.25, 0.3) is 0 Å². The van der Waals surface area contributed by atoms with E-state index in [0.29, 0.717) is 12.4 Å². The van der Waals surface area contributed by atoms with Gasteiger partial charge in [-0.1, -0.05) is 30.3 Å². The summed E-state index contributed by atoms with van der Waals surface area (Å²) in [5.41, 5.74) is 2.83. The number of nitrogens with one attached hydrogen (secondary N) is 1. The number of rotatable bonds is 4. The number of carbonyl (C=O) groups is 1. The number of aryl methyl sites for hydroxylation is 1. The van der Waals surface area contributed by atoms with E-state index in [1.54, 1.807) is 17.2 Å². The summed E-state index contributed by atoms with van der Waals surface area (Å²) in [5.74, 6) is 0.734. The van der Waals surface area contributed by atoms with Crippen LogP contribution in [0.4, 0.5) is 0 Å². The van der Waals surface area contributed by atoms with Gasteiger partial charge >= 0.3 is 0 Å². The maximum atomic E-state index is 13.1. The monoisotopic (exact) mass is 347 g/mol. The Morgan fingerprint density at radius 3 is 3.00 bits per heavy atom. The normalized spacial score (nSPS) is 19.0. The van der Waals surface area contributed by atoms with Crippen LogP contribution in [0.3, 0.4) is 0 Å². The highest BCUT2D eigenvalue weighted by Crippen LogP contribution is 2.37. The predicted octanol–water partition coefficient (Wildman–Crippen LogP) is 2.57. The van der Waals surface area contributed by atoms with E-state index in [0.717, 1.165) is 30.4 Å². The van der Waals surface area contributed by atoms with Crippen LogP contribution in [0, 0.1) is 0 Å². The second kappa shape index (κ2) is 6.71. The van der Waals surface area contributed by atoms with Gasteiger partial charge in [0.1, 0.15) is 12.7 Å². The third kappa shape index (κ3) is 2.87. The zero-order valence-corrected chi connectivity index (χ0v) is 14.7. The van der Waals surface area contributed by atoms with E-state index >= 15 is 0 Å². The lowest BCUT2D eigenvalue weighted by Gasteiger charge is -2.34. The fourth-order valence-electron chi connectivity index (χ4n) is 3.74. The van der Waals surface area contributed by atoms with Crippen LogP contribution in [0.1, 0.15) is 36.5 Å². The molecule has 0 spiro atoms. The van der Waals surface area contributed by atoms with Crippen molar-refractivity contribution in [3.05, 3.63) is 71.9 Å². The Balaban J connectivity index is 1.56. The molecule has 4 rings (SSSR count). The Morgan fingerprint density at radius 2 is 2.15 bits per heavy atom. The number of amides is 1. The van der Waals surface area contributed by atoms with Gasteiger partial charge in [0.05, 0.1) is 5.41 Å². The minimum absolute atomic E-state index is 0.0537. The summed E-state index contributed by atoms with van der Waals surface area (Å²) in [6.45, 7) is 2.45. The van der Waals surface area contributed by atoms with E-state index in [9.17, 15) is 4.79 Å². The summed E-state index contributed by atoms with van der Waals surface area (Å²) < 4.78 is 1.61. The van der Waals surface area contributed by atoms with Gasteiger partial charge in [0.2, 0.25) is 5.91 Å². The molecule has 2 aromatic heterocycles. The number of nitrogens with zero attached hydrogens (tertiary/aromatic N) is 4. The molecular formula is C20H21N5O. The summed E-state index contributed by atoms with van der Waals surface area (Å²) >= 11 is 0. The van der Waals surface area contributed by atoms with Crippen molar-refractivity contribution >= 4 is 5.91 Å². The van der Waals surface area contributed by atoms with Gasteiger partial charge in [-0.25, -0.2) is 14.6 Å². The largest absolute Gasteiger partial charge is 0.351 e. The molecular weight excluding hydrogens is 326 g/mol. The molecule has 132 valence electrons. The minimum atomic E-state index is -0.496. The highest BCUT2D eigenvalue weighted by atomic mass is 16.2. The average Bonchev–Trinajstić information content (AvgIpc) is 3.21. The fraction of sp³-hybridized carbons (Fsp3) is 0.300. The van der Waals surface area contributed by atoms with E-state index in [4.69, 9.17) is 0 Å². The van der Waals surface area contributed by atoms with E-state index in [2.05, 4.69) is 32.5 Å². The van der Waals surface area contributed by atoms with Crippen LogP contribution in [-0.4, -0.2) is 25.7 Å². The van der Waals surface area contributed by atoms with Gasteiger partial charge in [0.15, 0.2) is 5.82 Å². The smallest absolute Gasteiger partial charge is 0.230 e. The molecule has 0 saturated carbocycles. The lowest BCUT2D eigenvalue weighted by atomic mass is 9.70. The standard InChI is InChI=1S/C20H21N5O/c1-20(10-4-7-15-6-2-3-9-17(15)20)19(26)23-12-16-8-5-11-22-18(16)25-14-21-13-24-25/h2-3,5-6,8-9,11,13-14H,4,7,10,12H2,1H3,(H,23,26). The number of aromatic nitrogens is 4. The van der Waals surface area contributed by atoms with Crippen LogP contribution in [0.2, 0.25) is 0 Å². The highest BCUT2D eigenvalue weighted by molar-refractivity contribution is 5.88. The first-order chi connectivity index (χ1) is 12.7. The molecule has 0 saturated heterocycles. The zero-order valence-electron chi connectivity index (χ0n) is 14.7. The summed E-state index contributed by atoms with van der Waals surface area (Å²) in [6, 6.07) is 12.1. The van der Waals surface area contributed by atoms with Crippen molar-refractivity contribution in [1.29, 1.82) is 0 Å². The molecule has 2 heterocycles. The Morgan fingerprint density at radius 1 is 1.27 bits per heavy atom. The van der Waals surface area contributed by atoms with Gasteiger partial charge in [0, 0.05) is 18.3 Å².